The molecule has 3 heterocycles. The molecule has 0 amide bonds. The zero-order valence-electron chi connectivity index (χ0n) is 31.0. The molecule has 1 aliphatic carbocycles. The molecular formula is C42H56N6O. The van der Waals surface area contributed by atoms with Gasteiger partial charge in [0, 0.05) is 54.3 Å². The summed E-state index contributed by atoms with van der Waals surface area (Å²) in [5, 5.41) is 4.39. The first-order valence-electron chi connectivity index (χ1n) is 18.0. The Kier molecular flexibility index (Phi) is 13.3. The van der Waals surface area contributed by atoms with Gasteiger partial charge in [-0.1, -0.05) is 96.1 Å². The number of pyridine rings is 1. The van der Waals surface area contributed by atoms with Crippen LogP contribution in [0.15, 0.2) is 85.7 Å². The van der Waals surface area contributed by atoms with Gasteiger partial charge in [-0.25, -0.2) is 15.0 Å². The molecule has 0 bridgehead atoms. The maximum absolute atomic E-state index is 11.5. The monoisotopic (exact) mass is 660 g/mol. The van der Waals surface area contributed by atoms with E-state index in [1.165, 1.54) is 0 Å². The van der Waals surface area contributed by atoms with E-state index in [2.05, 4.69) is 96.3 Å². The predicted octanol–water partition coefficient (Wildman–Crippen LogP) is 10.2. The fourth-order valence-corrected chi connectivity index (χ4v) is 6.16. The quantitative estimate of drug-likeness (QED) is 0.142. The SMILES string of the molecule is C=CC(C)(C)C.CC.CCCN(CCCC(C)=O)C1CC(c2nc(-c3ccc4ccc(-c5ccccc5)nc4c3)c3c(NC)nccn23)C1. The molecule has 260 valence electrons. The lowest BCUT2D eigenvalue weighted by Crippen LogP contribution is -2.45. The lowest BCUT2D eigenvalue weighted by molar-refractivity contribution is -0.117. The zero-order valence-corrected chi connectivity index (χ0v) is 31.0. The average Bonchev–Trinajstić information content (AvgIpc) is 3.47. The summed E-state index contributed by atoms with van der Waals surface area (Å²) >= 11 is 0. The topological polar surface area (TPSA) is 75.4 Å². The Labute approximate surface area is 293 Å². The van der Waals surface area contributed by atoms with Crippen LogP contribution in [0.4, 0.5) is 5.82 Å². The molecule has 3 aromatic heterocycles. The van der Waals surface area contributed by atoms with Crippen LogP contribution in [0.3, 0.4) is 0 Å². The zero-order chi connectivity index (χ0) is 35.6. The maximum atomic E-state index is 11.5. The van der Waals surface area contributed by atoms with Crippen LogP contribution in [-0.4, -0.2) is 56.2 Å². The van der Waals surface area contributed by atoms with E-state index < -0.39 is 0 Å². The first-order chi connectivity index (χ1) is 23.6. The third-order valence-corrected chi connectivity index (χ3v) is 8.95. The van der Waals surface area contributed by atoms with Crippen molar-refractivity contribution in [3.05, 3.63) is 91.5 Å². The number of hydrogen-bond acceptors (Lipinski definition) is 6. The highest BCUT2D eigenvalue weighted by atomic mass is 16.1. The molecule has 2 aromatic carbocycles. The van der Waals surface area contributed by atoms with Crippen molar-refractivity contribution in [2.24, 2.45) is 5.41 Å². The first kappa shape index (κ1) is 37.5. The summed E-state index contributed by atoms with van der Waals surface area (Å²) in [6.45, 7) is 20.0. The second-order valence-electron chi connectivity index (χ2n) is 13.8. The number of rotatable bonds is 11. The molecule has 7 nitrogen and oxygen atoms in total. The van der Waals surface area contributed by atoms with Gasteiger partial charge in [0.2, 0.25) is 0 Å². The van der Waals surface area contributed by atoms with Crippen molar-refractivity contribution in [2.75, 3.05) is 25.5 Å². The van der Waals surface area contributed by atoms with Gasteiger partial charge < -0.3 is 15.0 Å². The first-order valence-corrected chi connectivity index (χ1v) is 18.0. The van der Waals surface area contributed by atoms with Gasteiger partial charge in [-0.05, 0) is 63.2 Å². The molecule has 0 aliphatic heterocycles. The van der Waals surface area contributed by atoms with Gasteiger partial charge in [-0.15, -0.1) is 6.58 Å². The standard InChI is InChI=1S/C34H38N6O.C6H12.C2H6/c1-4-17-39(18-8-9-23(2)41)28-20-27(21-28)34-38-31(32-33(35-3)36-16-19-40(32)34)26-13-12-25-14-15-29(37-30(25)22-26)24-10-6-5-7-11-24;1-5-6(2,3)4;1-2/h5-7,10-16,19,22,27-28H,4,8-9,17-18,20-21H2,1-3H3,(H,35,36);5H,1H2,2-4H3;1-2H3. The molecule has 0 radical (unpaired) electrons. The summed E-state index contributed by atoms with van der Waals surface area (Å²) in [5.41, 5.74) is 6.29. The molecule has 0 atom stereocenters. The third-order valence-electron chi connectivity index (χ3n) is 8.95. The minimum Gasteiger partial charge on any atom is -0.371 e. The number of hydrogen-bond donors (Lipinski definition) is 1. The molecule has 7 heteroatoms. The number of ketones is 1. The molecule has 1 fully saturated rings. The number of nitrogens with one attached hydrogen (secondary N) is 1. The minimum absolute atomic E-state index is 0.276. The molecule has 1 aliphatic rings. The number of fused-ring (bicyclic) bond motifs is 2. The van der Waals surface area contributed by atoms with E-state index in [0.29, 0.717) is 23.8 Å². The molecule has 49 heavy (non-hydrogen) atoms. The van der Waals surface area contributed by atoms with E-state index in [9.17, 15) is 4.79 Å². The summed E-state index contributed by atoms with van der Waals surface area (Å²) < 4.78 is 2.23. The van der Waals surface area contributed by atoms with Crippen molar-refractivity contribution < 1.29 is 4.79 Å². The minimum atomic E-state index is 0.276. The van der Waals surface area contributed by atoms with Crippen LogP contribution in [0, 0.1) is 5.41 Å². The van der Waals surface area contributed by atoms with E-state index in [1.807, 2.05) is 57.6 Å². The number of imidazole rings is 1. The summed E-state index contributed by atoms with van der Waals surface area (Å²) in [6.07, 6.45) is 10.7. The van der Waals surface area contributed by atoms with Crippen LogP contribution in [-0.2, 0) is 4.79 Å². The molecular weight excluding hydrogens is 605 g/mol. The second-order valence-corrected chi connectivity index (χ2v) is 13.8. The van der Waals surface area contributed by atoms with Crippen LogP contribution < -0.4 is 5.32 Å². The van der Waals surface area contributed by atoms with Gasteiger partial charge in [0.15, 0.2) is 5.82 Å². The number of anilines is 1. The molecule has 6 rings (SSSR count). The number of allylic oxidation sites excluding steroid dienone is 1. The van der Waals surface area contributed by atoms with Crippen LogP contribution in [0.25, 0.3) is 38.9 Å². The number of nitrogens with zero attached hydrogens (tertiary/aromatic N) is 5. The number of carbonyl (C=O) groups excluding carboxylic acids is 1. The van der Waals surface area contributed by atoms with Crippen molar-refractivity contribution in [1.82, 2.24) is 24.3 Å². The fraction of sp³-hybridized carbons (Fsp3) is 0.429. The van der Waals surface area contributed by atoms with Gasteiger partial charge in [0.1, 0.15) is 22.8 Å². The van der Waals surface area contributed by atoms with E-state index in [-0.39, 0.29) is 5.78 Å². The van der Waals surface area contributed by atoms with Crippen molar-refractivity contribution in [2.45, 2.75) is 92.5 Å². The highest BCUT2D eigenvalue weighted by molar-refractivity contribution is 5.91. The molecule has 5 aromatic rings. The van der Waals surface area contributed by atoms with Crippen molar-refractivity contribution in [3.63, 3.8) is 0 Å². The van der Waals surface area contributed by atoms with Crippen LogP contribution in [0.2, 0.25) is 0 Å². The Morgan fingerprint density at radius 3 is 2.35 bits per heavy atom. The Morgan fingerprint density at radius 1 is 1.02 bits per heavy atom. The Hall–Kier alpha value is -4.36. The van der Waals surface area contributed by atoms with Crippen LogP contribution in [0.5, 0.6) is 0 Å². The average molecular weight is 661 g/mol. The molecule has 1 saturated carbocycles. The summed E-state index contributed by atoms with van der Waals surface area (Å²) in [4.78, 5) is 29.0. The summed E-state index contributed by atoms with van der Waals surface area (Å²) in [7, 11) is 1.91. The summed E-state index contributed by atoms with van der Waals surface area (Å²) in [6, 6.07) is 21.5. The normalized spacial score (nSPS) is 15.5. The smallest absolute Gasteiger partial charge is 0.152 e. The Bertz CT molecular complexity index is 1810. The maximum Gasteiger partial charge on any atom is 0.152 e. The lowest BCUT2D eigenvalue weighted by Gasteiger charge is -2.42. The predicted molar refractivity (Wildman–Crippen MR) is 207 cm³/mol. The second kappa shape index (κ2) is 17.3. The van der Waals surface area contributed by atoms with Gasteiger partial charge in [0.25, 0.3) is 0 Å². The van der Waals surface area contributed by atoms with E-state index in [4.69, 9.17) is 9.97 Å². The van der Waals surface area contributed by atoms with E-state index >= 15 is 0 Å². The number of Topliss-reactive ketones (excluding diaryl/α,β-unsaturated/α-hetero) is 1. The Morgan fingerprint density at radius 2 is 1.71 bits per heavy atom. The molecule has 0 unspecified atom stereocenters. The largest absolute Gasteiger partial charge is 0.371 e. The lowest BCUT2D eigenvalue weighted by atomic mass is 9.78. The van der Waals surface area contributed by atoms with Gasteiger partial charge in [0.05, 0.1) is 11.2 Å². The highest BCUT2D eigenvalue weighted by Gasteiger charge is 2.37. The number of aromatic nitrogens is 4. The van der Waals surface area contributed by atoms with Gasteiger partial charge >= 0.3 is 0 Å². The molecule has 0 saturated heterocycles. The molecule has 1 N–H and O–H groups in total. The Balaban J connectivity index is 0.000000612. The highest BCUT2D eigenvalue weighted by Crippen LogP contribution is 2.42. The number of carbonyl (C=O) groups is 1. The van der Waals surface area contributed by atoms with Crippen molar-refractivity contribution >= 4 is 28.0 Å². The van der Waals surface area contributed by atoms with Crippen LogP contribution >= 0.6 is 0 Å². The van der Waals surface area contributed by atoms with Crippen LogP contribution in [0.1, 0.15) is 92.3 Å². The number of benzene rings is 2. The third kappa shape index (κ3) is 9.42. The van der Waals surface area contributed by atoms with Crippen molar-refractivity contribution in [1.29, 1.82) is 0 Å². The van der Waals surface area contributed by atoms with Gasteiger partial charge in [-0.2, -0.15) is 0 Å². The van der Waals surface area contributed by atoms with E-state index in [0.717, 1.165) is 89.3 Å². The fourth-order valence-electron chi connectivity index (χ4n) is 6.16. The van der Waals surface area contributed by atoms with Crippen molar-refractivity contribution in [3.8, 4) is 22.5 Å². The van der Waals surface area contributed by atoms with E-state index in [1.54, 1.807) is 6.92 Å². The summed E-state index contributed by atoms with van der Waals surface area (Å²) in [5.74, 6) is 2.57. The van der Waals surface area contributed by atoms with Gasteiger partial charge in [-0.3, -0.25) is 4.40 Å². The molecule has 0 spiro atoms.